The molecule has 0 aromatic heterocycles. The van der Waals surface area contributed by atoms with Gasteiger partial charge in [0.2, 0.25) is 5.91 Å². The quantitative estimate of drug-likeness (QED) is 0.0215. The number of nitrogens with one attached hydrogen (secondary N) is 1. The molecule has 3 rings (SSSR count). The van der Waals surface area contributed by atoms with Gasteiger partial charge in [0.05, 0.1) is 38.6 Å². The summed E-state index contributed by atoms with van der Waals surface area (Å²) in [6.07, 6.45) is 26.8. The maximum absolute atomic E-state index is 13.3. The molecule has 484 valence electrons. The monoisotopic (exact) mass is 1190 g/mol. The molecule has 3 heterocycles. The predicted molar refractivity (Wildman–Crippen MR) is 319 cm³/mol. The van der Waals surface area contributed by atoms with E-state index in [1.165, 1.54) is 122 Å². The lowest BCUT2D eigenvalue weighted by molar-refractivity contribution is -0.379. The summed E-state index contributed by atoms with van der Waals surface area (Å²) in [5.74, 6) is -0.300. The number of rotatable bonds is 48. The van der Waals surface area contributed by atoms with Gasteiger partial charge in [0, 0.05) is 6.42 Å². The molecule has 3 saturated heterocycles. The van der Waals surface area contributed by atoms with E-state index in [4.69, 9.17) is 28.4 Å². The second-order valence-electron chi connectivity index (χ2n) is 23.2. The Morgan fingerprint density at radius 3 is 1.22 bits per heavy atom. The van der Waals surface area contributed by atoms with Gasteiger partial charge in [-0.3, -0.25) is 4.79 Å². The van der Waals surface area contributed by atoms with Gasteiger partial charge in [-0.05, 0) is 70.6 Å². The largest absolute Gasteiger partial charge is 0.394 e. The summed E-state index contributed by atoms with van der Waals surface area (Å²) < 4.78 is 34.2. The number of hydrogen-bond donors (Lipinski definition) is 12. The van der Waals surface area contributed by atoms with Crippen LogP contribution in [-0.4, -0.2) is 193 Å². The Labute approximate surface area is 497 Å². The molecule has 0 aromatic carbocycles. The van der Waals surface area contributed by atoms with Crippen LogP contribution in [0, 0.1) is 0 Å². The van der Waals surface area contributed by atoms with E-state index in [0.717, 1.165) is 64.2 Å². The second kappa shape index (κ2) is 46.8. The maximum atomic E-state index is 13.3. The number of allylic oxidation sites excluding steroid dienone is 7. The normalized spacial score (nSPS) is 29.7. The van der Waals surface area contributed by atoms with Crippen LogP contribution in [0.15, 0.2) is 48.6 Å². The van der Waals surface area contributed by atoms with E-state index >= 15 is 0 Å². The lowest BCUT2D eigenvalue weighted by atomic mass is 9.96. The molecule has 19 heteroatoms. The lowest BCUT2D eigenvalue weighted by Gasteiger charge is -2.48. The Kier molecular flexibility index (Phi) is 42.3. The minimum Gasteiger partial charge on any atom is -0.394 e. The SMILES string of the molecule is CCCCCC/C=C\CCCCCCCC(=O)NC(COC1OC(CO)C(OC2OC(CO)C(OC3OC(CO)C(O)C(O)C3O)C(O)C2O)C(O)C1O)C(O)/C=C/CC/C=C/CC/C=C/CCCCCCCCCCCCCCCCC. The number of aliphatic hydroxyl groups excluding tert-OH is 11. The second-order valence-corrected chi connectivity index (χ2v) is 23.2. The van der Waals surface area contributed by atoms with Crippen LogP contribution >= 0.6 is 0 Å². The van der Waals surface area contributed by atoms with Crippen LogP contribution in [0.25, 0.3) is 0 Å². The van der Waals surface area contributed by atoms with Crippen molar-refractivity contribution in [1.82, 2.24) is 5.32 Å². The molecule has 83 heavy (non-hydrogen) atoms. The summed E-state index contributed by atoms with van der Waals surface area (Å²) in [5, 5.41) is 120. The van der Waals surface area contributed by atoms with Gasteiger partial charge in [-0.2, -0.15) is 0 Å². The summed E-state index contributed by atoms with van der Waals surface area (Å²) in [7, 11) is 0. The number of amides is 1. The van der Waals surface area contributed by atoms with Crippen LogP contribution in [0.4, 0.5) is 0 Å². The van der Waals surface area contributed by atoms with Crippen molar-refractivity contribution >= 4 is 5.91 Å². The summed E-state index contributed by atoms with van der Waals surface area (Å²) in [4.78, 5) is 13.3. The first-order valence-corrected chi connectivity index (χ1v) is 32.4. The first-order chi connectivity index (χ1) is 40.3. The average Bonchev–Trinajstić information content (AvgIpc) is 3.33. The zero-order valence-electron chi connectivity index (χ0n) is 50.7. The summed E-state index contributed by atoms with van der Waals surface area (Å²) in [5.41, 5.74) is 0. The Hall–Kier alpha value is -2.25. The number of carbonyl (C=O) groups is 1. The van der Waals surface area contributed by atoms with Crippen LogP contribution in [0.2, 0.25) is 0 Å². The molecular formula is C64H115NO18. The third-order valence-corrected chi connectivity index (χ3v) is 16.1. The number of hydrogen-bond acceptors (Lipinski definition) is 18. The number of carbonyl (C=O) groups excluding carboxylic acids is 1. The molecule has 12 N–H and O–H groups in total. The smallest absolute Gasteiger partial charge is 0.220 e. The van der Waals surface area contributed by atoms with E-state index < -0.39 is 124 Å². The van der Waals surface area contributed by atoms with E-state index in [-0.39, 0.29) is 18.9 Å². The highest BCUT2D eigenvalue weighted by Crippen LogP contribution is 2.33. The first-order valence-electron chi connectivity index (χ1n) is 32.4. The topological polar surface area (TPSA) is 307 Å². The van der Waals surface area contributed by atoms with Crippen molar-refractivity contribution < 1.29 is 89.4 Å². The number of unbranched alkanes of at least 4 members (excludes halogenated alkanes) is 26. The van der Waals surface area contributed by atoms with E-state index in [2.05, 4.69) is 55.6 Å². The molecule has 0 aliphatic carbocycles. The van der Waals surface area contributed by atoms with Crippen molar-refractivity contribution in [3.05, 3.63) is 48.6 Å². The number of ether oxygens (including phenoxy) is 6. The van der Waals surface area contributed by atoms with Gasteiger partial charge in [-0.25, -0.2) is 0 Å². The fourth-order valence-electron chi connectivity index (χ4n) is 10.7. The third kappa shape index (κ3) is 30.0. The molecule has 19 nitrogen and oxygen atoms in total. The Morgan fingerprint density at radius 1 is 0.422 bits per heavy atom. The fourth-order valence-corrected chi connectivity index (χ4v) is 10.7. The predicted octanol–water partition coefficient (Wildman–Crippen LogP) is 7.04. The first kappa shape index (κ1) is 75.0. The molecule has 0 spiro atoms. The maximum Gasteiger partial charge on any atom is 0.220 e. The van der Waals surface area contributed by atoms with Gasteiger partial charge in [0.25, 0.3) is 0 Å². The van der Waals surface area contributed by atoms with Crippen molar-refractivity contribution in [2.45, 2.75) is 324 Å². The Morgan fingerprint density at radius 2 is 0.771 bits per heavy atom. The van der Waals surface area contributed by atoms with E-state index in [1.54, 1.807) is 6.08 Å². The lowest BCUT2D eigenvalue weighted by Crippen LogP contribution is -2.66. The molecule has 0 bridgehead atoms. The van der Waals surface area contributed by atoms with Crippen LogP contribution in [0.1, 0.15) is 219 Å². The van der Waals surface area contributed by atoms with Crippen LogP contribution in [-0.2, 0) is 33.2 Å². The molecule has 0 radical (unpaired) electrons. The van der Waals surface area contributed by atoms with E-state index in [1.807, 2.05) is 6.08 Å². The van der Waals surface area contributed by atoms with Crippen LogP contribution < -0.4 is 5.32 Å². The minimum atomic E-state index is -1.98. The molecule has 0 aromatic rings. The molecule has 3 aliphatic heterocycles. The van der Waals surface area contributed by atoms with Crippen molar-refractivity contribution in [2.75, 3.05) is 26.4 Å². The van der Waals surface area contributed by atoms with Crippen molar-refractivity contribution in [3.8, 4) is 0 Å². The summed E-state index contributed by atoms with van der Waals surface area (Å²) in [6, 6.07) is -1.00. The summed E-state index contributed by atoms with van der Waals surface area (Å²) in [6.45, 7) is 1.67. The van der Waals surface area contributed by atoms with Gasteiger partial charge in [0.15, 0.2) is 18.9 Å². The van der Waals surface area contributed by atoms with Gasteiger partial charge < -0.3 is 89.9 Å². The Bertz CT molecular complexity index is 1700. The van der Waals surface area contributed by atoms with Gasteiger partial charge in [-0.1, -0.05) is 191 Å². The highest BCUT2D eigenvalue weighted by atomic mass is 16.8. The summed E-state index contributed by atoms with van der Waals surface area (Å²) >= 11 is 0. The van der Waals surface area contributed by atoms with Crippen LogP contribution in [0.5, 0.6) is 0 Å². The average molecular weight is 1190 g/mol. The standard InChI is InChI=1S/C64H115NO18/c1-3-5-7-9-11-13-15-17-18-19-20-21-22-23-24-25-26-27-28-30-31-33-35-37-39-41-48(69)47(65-52(70)42-40-38-36-34-32-29-16-14-12-10-8-6-4-2)46-78-62-58(76)55(73)60(50(44-67)80-62)83-64-59(77)56(74)61(51(45-68)81-64)82-63-57(75)54(72)53(71)49(43-66)79-63/h14,16,26-27,31,33,39,41,47-51,53-64,66-69,71-77H,3-13,15,17-25,28-30,32,34-38,40,42-46H2,1-2H3,(H,65,70)/b16-14-,27-26+,33-31+,41-39+. The molecule has 1 amide bonds. The zero-order chi connectivity index (χ0) is 60.5. The fraction of sp³-hybridized carbons (Fsp3) is 0.859. The van der Waals surface area contributed by atoms with Gasteiger partial charge in [0.1, 0.15) is 73.2 Å². The molecule has 17 atom stereocenters. The van der Waals surface area contributed by atoms with E-state index in [0.29, 0.717) is 12.8 Å². The van der Waals surface area contributed by atoms with Crippen LogP contribution in [0.3, 0.4) is 0 Å². The van der Waals surface area contributed by atoms with Gasteiger partial charge in [-0.15, -0.1) is 0 Å². The van der Waals surface area contributed by atoms with E-state index in [9.17, 15) is 61.0 Å². The molecule has 3 fully saturated rings. The molecule has 17 unspecified atom stereocenters. The molecule has 3 aliphatic rings. The van der Waals surface area contributed by atoms with Crippen molar-refractivity contribution in [3.63, 3.8) is 0 Å². The molecule has 0 saturated carbocycles. The highest BCUT2D eigenvalue weighted by Gasteiger charge is 2.53. The zero-order valence-corrected chi connectivity index (χ0v) is 50.7. The third-order valence-electron chi connectivity index (χ3n) is 16.1. The Balaban J connectivity index is 1.48. The van der Waals surface area contributed by atoms with Crippen molar-refractivity contribution in [1.29, 1.82) is 0 Å². The highest BCUT2D eigenvalue weighted by molar-refractivity contribution is 5.76. The van der Waals surface area contributed by atoms with Crippen molar-refractivity contribution in [2.24, 2.45) is 0 Å². The molecular weight excluding hydrogens is 1070 g/mol. The number of aliphatic hydroxyl groups is 11. The van der Waals surface area contributed by atoms with Gasteiger partial charge >= 0.3 is 0 Å². The minimum absolute atomic E-state index is 0.221.